The summed E-state index contributed by atoms with van der Waals surface area (Å²) in [5.74, 6) is 0. The van der Waals surface area contributed by atoms with Crippen molar-refractivity contribution in [3.05, 3.63) is 21.9 Å². The van der Waals surface area contributed by atoms with E-state index in [9.17, 15) is 4.79 Å². The fraction of sp³-hybridized carbons (Fsp3) is 0.444. The lowest BCUT2D eigenvalue weighted by Gasteiger charge is -2.22. The third-order valence-electron chi connectivity index (χ3n) is 2.37. The maximum absolute atomic E-state index is 10.7. The van der Waals surface area contributed by atoms with Gasteiger partial charge in [-0.3, -0.25) is 0 Å². The molecule has 1 aliphatic carbocycles. The van der Waals surface area contributed by atoms with Gasteiger partial charge in [0.25, 0.3) is 0 Å². The highest BCUT2D eigenvalue weighted by atomic mass is 32.1. The molecule has 3 N–H and O–H groups in total. The van der Waals surface area contributed by atoms with Gasteiger partial charge in [-0.15, -0.1) is 11.3 Å². The van der Waals surface area contributed by atoms with Crippen molar-refractivity contribution >= 4 is 17.4 Å². The van der Waals surface area contributed by atoms with Gasteiger partial charge in [0.05, 0.1) is 6.04 Å². The molecule has 0 saturated carbocycles. The number of hydrogen-bond donors (Lipinski definition) is 2. The third-order valence-corrected chi connectivity index (χ3v) is 3.36. The van der Waals surface area contributed by atoms with Crippen LogP contribution in [0.15, 0.2) is 11.4 Å². The largest absolute Gasteiger partial charge is 0.352 e. The second-order valence-electron chi connectivity index (χ2n) is 3.25. The third kappa shape index (κ3) is 1.67. The van der Waals surface area contributed by atoms with Gasteiger partial charge in [0.1, 0.15) is 0 Å². The van der Waals surface area contributed by atoms with Crippen LogP contribution in [-0.4, -0.2) is 6.03 Å². The molecule has 0 saturated heterocycles. The smallest absolute Gasteiger partial charge is 0.312 e. The Morgan fingerprint density at radius 3 is 3.31 bits per heavy atom. The predicted octanol–water partition coefficient (Wildman–Crippen LogP) is 1.79. The minimum Gasteiger partial charge on any atom is -0.352 e. The SMILES string of the molecule is NC(=O)NC1CCCc2sccc21. The van der Waals surface area contributed by atoms with Crippen LogP contribution < -0.4 is 11.1 Å². The quantitative estimate of drug-likeness (QED) is 0.707. The number of rotatable bonds is 1. The van der Waals surface area contributed by atoms with E-state index < -0.39 is 6.03 Å². The van der Waals surface area contributed by atoms with Crippen molar-refractivity contribution < 1.29 is 4.79 Å². The van der Waals surface area contributed by atoms with E-state index in [0.29, 0.717) is 0 Å². The zero-order valence-electron chi connectivity index (χ0n) is 7.25. The molecule has 4 heteroatoms. The van der Waals surface area contributed by atoms with Gasteiger partial charge in [-0.2, -0.15) is 0 Å². The Morgan fingerprint density at radius 1 is 1.69 bits per heavy atom. The van der Waals surface area contributed by atoms with Gasteiger partial charge in [-0.05, 0) is 36.3 Å². The molecule has 1 aliphatic rings. The van der Waals surface area contributed by atoms with E-state index in [4.69, 9.17) is 5.73 Å². The summed E-state index contributed by atoms with van der Waals surface area (Å²) in [6.07, 6.45) is 3.29. The van der Waals surface area contributed by atoms with Crippen LogP contribution in [0, 0.1) is 0 Å². The topological polar surface area (TPSA) is 55.1 Å². The van der Waals surface area contributed by atoms with Crippen LogP contribution in [0.25, 0.3) is 0 Å². The molecule has 2 rings (SSSR count). The Bertz CT molecular complexity index is 321. The first kappa shape index (κ1) is 8.56. The number of nitrogens with one attached hydrogen (secondary N) is 1. The van der Waals surface area contributed by atoms with Gasteiger partial charge in [0, 0.05) is 4.88 Å². The van der Waals surface area contributed by atoms with Gasteiger partial charge >= 0.3 is 6.03 Å². The van der Waals surface area contributed by atoms with Gasteiger partial charge in [0.2, 0.25) is 0 Å². The number of thiophene rings is 1. The summed E-state index contributed by atoms with van der Waals surface area (Å²) in [7, 11) is 0. The molecule has 13 heavy (non-hydrogen) atoms. The highest BCUT2D eigenvalue weighted by Gasteiger charge is 2.21. The molecule has 1 atom stereocenters. The first-order valence-electron chi connectivity index (χ1n) is 4.39. The van der Waals surface area contributed by atoms with Gasteiger partial charge in [0.15, 0.2) is 0 Å². The Labute approximate surface area is 80.9 Å². The number of hydrogen-bond acceptors (Lipinski definition) is 2. The fourth-order valence-electron chi connectivity index (χ4n) is 1.81. The van der Waals surface area contributed by atoms with Crippen molar-refractivity contribution in [3.8, 4) is 0 Å². The van der Waals surface area contributed by atoms with Gasteiger partial charge < -0.3 is 11.1 Å². The molecular formula is C9H12N2OS. The van der Waals surface area contributed by atoms with Crippen LogP contribution in [0.3, 0.4) is 0 Å². The molecule has 1 unspecified atom stereocenters. The van der Waals surface area contributed by atoms with E-state index in [1.54, 1.807) is 11.3 Å². The van der Waals surface area contributed by atoms with E-state index >= 15 is 0 Å². The predicted molar refractivity (Wildman–Crippen MR) is 52.7 cm³/mol. The van der Waals surface area contributed by atoms with Gasteiger partial charge in [-0.1, -0.05) is 0 Å². The highest BCUT2D eigenvalue weighted by Crippen LogP contribution is 2.32. The lowest BCUT2D eigenvalue weighted by atomic mass is 9.94. The van der Waals surface area contributed by atoms with E-state index in [2.05, 4.69) is 16.8 Å². The first-order chi connectivity index (χ1) is 6.27. The van der Waals surface area contributed by atoms with E-state index in [-0.39, 0.29) is 6.04 Å². The fourth-order valence-corrected chi connectivity index (χ4v) is 2.80. The summed E-state index contributed by atoms with van der Waals surface area (Å²) in [5, 5.41) is 4.84. The molecule has 0 fully saturated rings. The number of amides is 2. The van der Waals surface area contributed by atoms with Crippen molar-refractivity contribution in [1.82, 2.24) is 5.32 Å². The van der Waals surface area contributed by atoms with Crippen LogP contribution in [0.5, 0.6) is 0 Å². The number of fused-ring (bicyclic) bond motifs is 1. The lowest BCUT2D eigenvalue weighted by Crippen LogP contribution is -2.34. The Kier molecular flexibility index (Phi) is 2.22. The summed E-state index contributed by atoms with van der Waals surface area (Å²) >= 11 is 1.76. The molecule has 1 heterocycles. The second kappa shape index (κ2) is 3.38. The van der Waals surface area contributed by atoms with Crippen LogP contribution in [0.1, 0.15) is 29.3 Å². The van der Waals surface area contributed by atoms with Crippen molar-refractivity contribution in [2.75, 3.05) is 0 Å². The second-order valence-corrected chi connectivity index (χ2v) is 4.25. The normalized spacial score (nSPS) is 20.8. The summed E-state index contributed by atoms with van der Waals surface area (Å²) in [5.41, 5.74) is 6.36. The molecule has 1 aromatic rings. The van der Waals surface area contributed by atoms with Crippen LogP contribution in [0.4, 0.5) is 4.79 Å². The van der Waals surface area contributed by atoms with Crippen molar-refractivity contribution in [1.29, 1.82) is 0 Å². The van der Waals surface area contributed by atoms with Crippen LogP contribution in [0.2, 0.25) is 0 Å². The number of primary amides is 1. The average molecular weight is 196 g/mol. The number of carbonyl (C=O) groups is 1. The van der Waals surface area contributed by atoms with E-state index in [0.717, 1.165) is 19.3 Å². The monoisotopic (exact) mass is 196 g/mol. The van der Waals surface area contributed by atoms with Crippen molar-refractivity contribution in [2.45, 2.75) is 25.3 Å². The van der Waals surface area contributed by atoms with E-state index in [1.807, 2.05) is 0 Å². The molecular weight excluding hydrogens is 184 g/mol. The minimum absolute atomic E-state index is 0.146. The standard InChI is InChI=1S/C9H12N2OS/c10-9(12)11-7-2-1-3-8-6(7)4-5-13-8/h4-5,7H,1-3H2,(H3,10,11,12). The Balaban J connectivity index is 2.20. The van der Waals surface area contributed by atoms with E-state index in [1.165, 1.54) is 10.4 Å². The summed E-state index contributed by atoms with van der Waals surface area (Å²) in [6.45, 7) is 0. The van der Waals surface area contributed by atoms with Crippen molar-refractivity contribution in [3.63, 3.8) is 0 Å². The molecule has 0 aliphatic heterocycles. The maximum Gasteiger partial charge on any atom is 0.312 e. The molecule has 3 nitrogen and oxygen atoms in total. The van der Waals surface area contributed by atoms with Crippen LogP contribution >= 0.6 is 11.3 Å². The first-order valence-corrected chi connectivity index (χ1v) is 5.27. The molecule has 2 amide bonds. The summed E-state index contributed by atoms with van der Waals surface area (Å²) in [4.78, 5) is 12.1. The minimum atomic E-state index is -0.427. The lowest BCUT2D eigenvalue weighted by molar-refractivity contribution is 0.244. The maximum atomic E-state index is 10.7. The molecule has 1 aromatic heterocycles. The molecule has 0 spiro atoms. The number of carbonyl (C=O) groups excluding carboxylic acids is 1. The Hall–Kier alpha value is -1.03. The number of urea groups is 1. The van der Waals surface area contributed by atoms with Crippen LogP contribution in [-0.2, 0) is 6.42 Å². The zero-order chi connectivity index (χ0) is 9.26. The molecule has 0 aromatic carbocycles. The molecule has 0 bridgehead atoms. The van der Waals surface area contributed by atoms with Gasteiger partial charge in [-0.25, -0.2) is 4.79 Å². The summed E-state index contributed by atoms with van der Waals surface area (Å²) in [6, 6.07) is 1.80. The zero-order valence-corrected chi connectivity index (χ0v) is 8.06. The highest BCUT2D eigenvalue weighted by molar-refractivity contribution is 7.10. The number of aryl methyl sites for hydroxylation is 1. The Morgan fingerprint density at radius 2 is 2.54 bits per heavy atom. The average Bonchev–Trinajstić information content (AvgIpc) is 2.51. The number of nitrogens with two attached hydrogens (primary N) is 1. The summed E-state index contributed by atoms with van der Waals surface area (Å²) < 4.78 is 0. The van der Waals surface area contributed by atoms with Crippen molar-refractivity contribution in [2.24, 2.45) is 5.73 Å². The molecule has 70 valence electrons. The molecule has 0 radical (unpaired) electrons.